The molecular weight excluding hydrogens is 186 g/mol. The van der Waals surface area contributed by atoms with Gasteiger partial charge in [0.2, 0.25) is 5.82 Å². The quantitative estimate of drug-likeness (QED) is 0.671. The van der Waals surface area contributed by atoms with Gasteiger partial charge in [0.15, 0.2) is 6.04 Å². The van der Waals surface area contributed by atoms with E-state index < -0.39 is 12.0 Å². The Morgan fingerprint density at radius 3 is 2.79 bits per heavy atom. The Labute approximate surface area is 80.9 Å². The third kappa shape index (κ3) is 2.49. The summed E-state index contributed by atoms with van der Waals surface area (Å²) in [5.41, 5.74) is 5.30. The molecule has 3 N–H and O–H groups in total. The normalized spacial score (nSPS) is 13.1. The van der Waals surface area contributed by atoms with Crippen LogP contribution in [0.1, 0.15) is 25.7 Å². The van der Waals surface area contributed by atoms with Crippen molar-refractivity contribution < 1.29 is 9.90 Å². The van der Waals surface area contributed by atoms with Gasteiger partial charge in [-0.05, 0) is 11.1 Å². The first kappa shape index (κ1) is 10.6. The second-order valence-electron chi connectivity index (χ2n) is 3.41. The number of aliphatic carboxylic acids is 1. The van der Waals surface area contributed by atoms with Gasteiger partial charge in [0.1, 0.15) is 0 Å². The molecule has 7 heteroatoms. The molecule has 0 amide bonds. The van der Waals surface area contributed by atoms with Gasteiger partial charge in [-0.25, -0.2) is 0 Å². The van der Waals surface area contributed by atoms with Crippen LogP contribution in [0.15, 0.2) is 0 Å². The summed E-state index contributed by atoms with van der Waals surface area (Å²) in [5, 5.41) is 19.7. The van der Waals surface area contributed by atoms with E-state index in [-0.39, 0.29) is 5.82 Å². The van der Waals surface area contributed by atoms with Crippen molar-refractivity contribution in [3.05, 3.63) is 5.82 Å². The second kappa shape index (κ2) is 4.14. The smallest absolute Gasteiger partial charge is 0.328 e. The van der Waals surface area contributed by atoms with Crippen molar-refractivity contribution in [3.8, 4) is 0 Å². The van der Waals surface area contributed by atoms with Crippen LogP contribution in [0.25, 0.3) is 0 Å². The minimum Gasteiger partial charge on any atom is -0.480 e. The molecule has 0 spiro atoms. The zero-order valence-corrected chi connectivity index (χ0v) is 8.08. The number of nitrogens with zero attached hydrogens (tertiary/aromatic N) is 4. The molecule has 0 saturated heterocycles. The predicted molar refractivity (Wildman–Crippen MR) is 47.2 cm³/mol. The molecule has 0 aliphatic rings. The monoisotopic (exact) mass is 199 g/mol. The van der Waals surface area contributed by atoms with Gasteiger partial charge in [-0.1, -0.05) is 13.8 Å². The fourth-order valence-electron chi connectivity index (χ4n) is 0.894. The van der Waals surface area contributed by atoms with Crippen LogP contribution in [0.2, 0.25) is 0 Å². The lowest BCUT2D eigenvalue weighted by atomic mass is 10.2. The molecule has 1 aromatic heterocycles. The van der Waals surface area contributed by atoms with E-state index in [1.165, 1.54) is 4.80 Å². The van der Waals surface area contributed by atoms with Crippen LogP contribution in [-0.2, 0) is 11.3 Å². The highest BCUT2D eigenvalue weighted by Gasteiger charge is 2.19. The number of hydrogen-bond acceptors (Lipinski definition) is 5. The maximum absolute atomic E-state index is 10.5. The first-order chi connectivity index (χ1) is 6.50. The Kier molecular flexibility index (Phi) is 3.13. The van der Waals surface area contributed by atoms with Crippen molar-refractivity contribution in [2.75, 3.05) is 0 Å². The highest BCUT2D eigenvalue weighted by atomic mass is 16.4. The van der Waals surface area contributed by atoms with E-state index in [0.29, 0.717) is 12.5 Å². The van der Waals surface area contributed by atoms with Crippen molar-refractivity contribution in [1.29, 1.82) is 0 Å². The molecule has 7 nitrogen and oxygen atoms in total. The number of hydrogen-bond donors (Lipinski definition) is 2. The average Bonchev–Trinajstić information content (AvgIpc) is 2.50. The van der Waals surface area contributed by atoms with E-state index in [2.05, 4.69) is 15.4 Å². The lowest BCUT2D eigenvalue weighted by Gasteiger charge is -2.01. The molecule has 1 aromatic rings. The third-order valence-corrected chi connectivity index (χ3v) is 1.54. The predicted octanol–water partition coefficient (Wildman–Crippen LogP) is -0.586. The van der Waals surface area contributed by atoms with Crippen LogP contribution in [0.5, 0.6) is 0 Å². The number of carbonyl (C=O) groups is 1. The molecule has 0 aliphatic carbocycles. The summed E-state index contributed by atoms with van der Waals surface area (Å²) >= 11 is 0. The molecular formula is C7H13N5O2. The third-order valence-electron chi connectivity index (χ3n) is 1.54. The van der Waals surface area contributed by atoms with Crippen LogP contribution >= 0.6 is 0 Å². The van der Waals surface area contributed by atoms with E-state index >= 15 is 0 Å². The number of nitrogens with two attached hydrogens (primary N) is 1. The molecule has 0 saturated carbocycles. The van der Waals surface area contributed by atoms with Crippen molar-refractivity contribution in [3.63, 3.8) is 0 Å². The zero-order valence-electron chi connectivity index (χ0n) is 8.08. The second-order valence-corrected chi connectivity index (χ2v) is 3.41. The van der Waals surface area contributed by atoms with Crippen molar-refractivity contribution in [2.24, 2.45) is 11.7 Å². The SMILES string of the molecule is CC(C)Cn1nnc(C(N)C(=O)O)n1. The molecule has 0 aromatic carbocycles. The Morgan fingerprint density at radius 2 is 2.29 bits per heavy atom. The van der Waals surface area contributed by atoms with Crippen molar-refractivity contribution in [1.82, 2.24) is 20.2 Å². The zero-order chi connectivity index (χ0) is 10.7. The van der Waals surface area contributed by atoms with Gasteiger partial charge in [0, 0.05) is 0 Å². The van der Waals surface area contributed by atoms with Crippen molar-refractivity contribution in [2.45, 2.75) is 26.4 Å². The summed E-state index contributed by atoms with van der Waals surface area (Å²) in [4.78, 5) is 11.8. The Hall–Kier alpha value is -1.50. The Bertz CT molecular complexity index is 322. The fourth-order valence-corrected chi connectivity index (χ4v) is 0.894. The molecule has 1 unspecified atom stereocenters. The van der Waals surface area contributed by atoms with Gasteiger partial charge in [-0.2, -0.15) is 4.80 Å². The van der Waals surface area contributed by atoms with Crippen molar-refractivity contribution >= 4 is 5.97 Å². The molecule has 0 radical (unpaired) electrons. The van der Waals surface area contributed by atoms with Crippen LogP contribution < -0.4 is 5.73 Å². The number of aromatic nitrogens is 4. The number of carboxylic acids is 1. The molecule has 14 heavy (non-hydrogen) atoms. The van der Waals surface area contributed by atoms with Crippen LogP contribution in [0.3, 0.4) is 0 Å². The molecule has 0 bridgehead atoms. The Morgan fingerprint density at radius 1 is 1.64 bits per heavy atom. The molecule has 1 rings (SSSR count). The summed E-state index contributed by atoms with van der Waals surface area (Å²) in [5.74, 6) is -0.745. The summed E-state index contributed by atoms with van der Waals surface area (Å²) in [6.45, 7) is 4.60. The molecule has 1 heterocycles. The van der Waals surface area contributed by atoms with Gasteiger partial charge in [0.05, 0.1) is 6.54 Å². The van der Waals surface area contributed by atoms with Crippen LogP contribution in [0.4, 0.5) is 0 Å². The van der Waals surface area contributed by atoms with E-state index in [1.54, 1.807) is 0 Å². The van der Waals surface area contributed by atoms with Gasteiger partial charge in [0.25, 0.3) is 0 Å². The first-order valence-corrected chi connectivity index (χ1v) is 4.26. The van der Waals surface area contributed by atoms with E-state index in [1.807, 2.05) is 13.8 Å². The largest absolute Gasteiger partial charge is 0.480 e. The number of carboxylic acid groups (broad SMARTS) is 1. The van der Waals surface area contributed by atoms with Gasteiger partial charge >= 0.3 is 5.97 Å². The summed E-state index contributed by atoms with van der Waals surface area (Å²) in [6.07, 6.45) is 0. The van der Waals surface area contributed by atoms with Gasteiger partial charge < -0.3 is 10.8 Å². The first-order valence-electron chi connectivity index (χ1n) is 4.26. The lowest BCUT2D eigenvalue weighted by molar-refractivity contribution is -0.138. The maximum Gasteiger partial charge on any atom is 0.328 e. The summed E-state index contributed by atoms with van der Waals surface area (Å²) in [6, 6.07) is -1.20. The molecule has 0 fully saturated rings. The van der Waals surface area contributed by atoms with Crippen LogP contribution in [0, 0.1) is 5.92 Å². The van der Waals surface area contributed by atoms with Gasteiger partial charge in [-0.15, -0.1) is 10.2 Å². The van der Waals surface area contributed by atoms with E-state index in [9.17, 15) is 4.79 Å². The lowest BCUT2D eigenvalue weighted by Crippen LogP contribution is -2.22. The topological polar surface area (TPSA) is 107 Å². The summed E-state index contributed by atoms with van der Waals surface area (Å²) in [7, 11) is 0. The maximum atomic E-state index is 10.5. The van der Waals surface area contributed by atoms with Gasteiger partial charge in [-0.3, -0.25) is 4.79 Å². The van der Waals surface area contributed by atoms with E-state index in [0.717, 1.165) is 0 Å². The Balaban J connectivity index is 2.72. The van der Waals surface area contributed by atoms with Crippen LogP contribution in [-0.4, -0.2) is 31.3 Å². The number of rotatable bonds is 4. The summed E-state index contributed by atoms with van der Waals surface area (Å²) < 4.78 is 0. The number of tetrazole rings is 1. The molecule has 1 atom stereocenters. The highest BCUT2D eigenvalue weighted by molar-refractivity contribution is 5.73. The molecule has 0 aliphatic heterocycles. The fraction of sp³-hybridized carbons (Fsp3) is 0.714. The minimum absolute atomic E-state index is 0.0400. The minimum atomic E-state index is -1.20. The average molecular weight is 199 g/mol. The standard InChI is InChI=1S/C7H13N5O2/c1-4(2)3-12-10-6(9-11-12)5(8)7(13)14/h4-5H,3,8H2,1-2H3,(H,13,14). The highest BCUT2D eigenvalue weighted by Crippen LogP contribution is 2.02. The molecule has 78 valence electrons. The van der Waals surface area contributed by atoms with E-state index in [4.69, 9.17) is 10.8 Å².